The number of hydrogen-bond donors (Lipinski definition) is 2. The van der Waals surface area contributed by atoms with E-state index in [1.54, 1.807) is 11.8 Å². The van der Waals surface area contributed by atoms with E-state index in [9.17, 15) is 23.1 Å². The molecule has 164 valence electrons. The van der Waals surface area contributed by atoms with Gasteiger partial charge in [-0.05, 0) is 36.5 Å². The van der Waals surface area contributed by atoms with Gasteiger partial charge in [0.05, 0.1) is 38.5 Å². The molecular weight excluding hydrogens is 389 g/mol. The van der Waals surface area contributed by atoms with Crippen molar-refractivity contribution in [2.75, 3.05) is 39.5 Å². The van der Waals surface area contributed by atoms with Crippen LogP contribution in [0.15, 0.2) is 18.2 Å². The van der Waals surface area contributed by atoms with Crippen molar-refractivity contribution in [2.45, 2.75) is 45.2 Å². The molecule has 6 nitrogen and oxygen atoms in total. The lowest BCUT2D eigenvalue weighted by atomic mass is 9.90. The third kappa shape index (κ3) is 7.58. The molecule has 0 saturated heterocycles. The maximum atomic E-state index is 12.7. The van der Waals surface area contributed by atoms with Crippen molar-refractivity contribution in [2.24, 2.45) is 0 Å². The van der Waals surface area contributed by atoms with E-state index < -0.39 is 19.1 Å². The molecule has 1 aromatic carbocycles. The van der Waals surface area contributed by atoms with Crippen molar-refractivity contribution in [3.63, 3.8) is 0 Å². The van der Waals surface area contributed by atoms with Gasteiger partial charge < -0.3 is 20.1 Å². The van der Waals surface area contributed by atoms with Crippen LogP contribution in [0.5, 0.6) is 0 Å². The van der Waals surface area contributed by atoms with Gasteiger partial charge in [0, 0.05) is 13.1 Å². The van der Waals surface area contributed by atoms with E-state index in [1.165, 1.54) is 0 Å². The molecule has 1 aliphatic rings. The Labute approximate surface area is 169 Å². The molecule has 9 heteroatoms. The van der Waals surface area contributed by atoms with Gasteiger partial charge in [-0.3, -0.25) is 9.53 Å². The molecule has 1 aliphatic heterocycles. The number of alkyl halides is 3. The summed E-state index contributed by atoms with van der Waals surface area (Å²) in [5.41, 5.74) is 3.20. The fraction of sp³-hybridized carbons (Fsp3) is 0.650. The number of carbonyl (C=O) groups is 1. The minimum atomic E-state index is -4.69. The summed E-state index contributed by atoms with van der Waals surface area (Å²) in [7, 11) is 0. The van der Waals surface area contributed by atoms with Crippen LogP contribution >= 0.6 is 0 Å². The molecule has 1 aromatic rings. The van der Waals surface area contributed by atoms with Crippen LogP contribution in [0.3, 0.4) is 0 Å². The van der Waals surface area contributed by atoms with Crippen molar-refractivity contribution in [1.29, 1.82) is 0 Å². The van der Waals surface area contributed by atoms with Crippen LogP contribution in [0.2, 0.25) is 0 Å². The number of rotatable bonds is 10. The summed E-state index contributed by atoms with van der Waals surface area (Å²) in [4.78, 5) is 14.4. The Kier molecular flexibility index (Phi) is 8.88. The van der Waals surface area contributed by atoms with Crippen molar-refractivity contribution < 1.29 is 32.5 Å². The highest BCUT2D eigenvalue weighted by Crippen LogP contribution is 2.31. The van der Waals surface area contributed by atoms with Gasteiger partial charge in [0.2, 0.25) is 5.91 Å². The first-order chi connectivity index (χ1) is 13.7. The van der Waals surface area contributed by atoms with E-state index in [4.69, 9.17) is 4.74 Å². The number of nitrogens with zero attached hydrogens (tertiary/aromatic N) is 1. The molecule has 0 bridgehead atoms. The number of aryl methyl sites for hydroxylation is 1. The predicted molar refractivity (Wildman–Crippen MR) is 101 cm³/mol. The largest absolute Gasteiger partial charge is 0.522 e. The van der Waals surface area contributed by atoms with Gasteiger partial charge in [-0.15, -0.1) is 13.2 Å². The van der Waals surface area contributed by atoms with Gasteiger partial charge in [0.25, 0.3) is 0 Å². The number of amides is 1. The minimum absolute atomic E-state index is 0.0708. The van der Waals surface area contributed by atoms with Crippen LogP contribution in [0.1, 0.15) is 36.6 Å². The van der Waals surface area contributed by atoms with Gasteiger partial charge in [-0.1, -0.05) is 25.1 Å². The fourth-order valence-electron chi connectivity index (χ4n) is 3.35. The van der Waals surface area contributed by atoms with Crippen LogP contribution in [-0.2, 0) is 27.1 Å². The van der Waals surface area contributed by atoms with Crippen molar-refractivity contribution in [3.05, 3.63) is 34.9 Å². The molecule has 0 saturated carbocycles. The topological polar surface area (TPSA) is 71.0 Å². The molecule has 1 amide bonds. The van der Waals surface area contributed by atoms with Gasteiger partial charge in [-0.25, -0.2) is 0 Å². The molecule has 0 spiro atoms. The second kappa shape index (κ2) is 10.9. The Morgan fingerprint density at radius 1 is 1.38 bits per heavy atom. The van der Waals surface area contributed by atoms with Crippen LogP contribution < -0.4 is 5.32 Å². The predicted octanol–water partition coefficient (Wildman–Crippen LogP) is 2.20. The summed E-state index contributed by atoms with van der Waals surface area (Å²) in [5.74, 6) is -0.140. The highest BCUT2D eigenvalue weighted by molar-refractivity contribution is 5.79. The summed E-state index contributed by atoms with van der Waals surface area (Å²) in [6.45, 7) is 3.80. The normalized spacial score (nSPS) is 17.9. The fourth-order valence-corrected chi connectivity index (χ4v) is 3.35. The van der Waals surface area contributed by atoms with E-state index in [0.717, 1.165) is 23.1 Å². The number of fused-ring (bicyclic) bond motifs is 1. The second-order valence-corrected chi connectivity index (χ2v) is 7.09. The lowest BCUT2D eigenvalue weighted by Gasteiger charge is -2.37. The molecule has 2 atom stereocenters. The standard InChI is InChI=1S/C20H29F3N2O4/c1-3-15-4-5-16-6-7-25(19(27)12-24-11-14(2)26)18(17(16)10-15)13-28-8-9-29-20(21,22)23/h4-5,10,14,18,24,26H,3,6-9,11-13H2,1-2H3/t14-,18?/m1/s1. The molecule has 2 rings (SSSR count). The third-order valence-electron chi connectivity index (χ3n) is 4.78. The first kappa shape index (κ1) is 23.6. The second-order valence-electron chi connectivity index (χ2n) is 7.09. The lowest BCUT2D eigenvalue weighted by Crippen LogP contribution is -2.46. The average Bonchev–Trinajstić information content (AvgIpc) is 2.65. The number of ether oxygens (including phenoxy) is 2. The molecule has 0 aromatic heterocycles. The number of nitrogens with one attached hydrogen (secondary N) is 1. The summed E-state index contributed by atoms with van der Waals surface area (Å²) in [6.07, 6.45) is -3.71. The molecule has 0 radical (unpaired) electrons. The van der Waals surface area contributed by atoms with E-state index in [2.05, 4.69) is 16.1 Å². The first-order valence-electron chi connectivity index (χ1n) is 9.79. The van der Waals surface area contributed by atoms with Crippen molar-refractivity contribution >= 4 is 5.91 Å². The van der Waals surface area contributed by atoms with Crippen LogP contribution in [0.4, 0.5) is 13.2 Å². The third-order valence-corrected chi connectivity index (χ3v) is 4.78. The summed E-state index contributed by atoms with van der Waals surface area (Å²) in [5, 5.41) is 12.3. The van der Waals surface area contributed by atoms with E-state index >= 15 is 0 Å². The molecular formula is C20H29F3N2O4. The lowest BCUT2D eigenvalue weighted by molar-refractivity contribution is -0.327. The zero-order valence-electron chi connectivity index (χ0n) is 16.8. The number of carbonyl (C=O) groups excluding carboxylic acids is 1. The molecule has 1 unspecified atom stereocenters. The number of benzene rings is 1. The Balaban J connectivity index is 2.07. The molecule has 0 fully saturated rings. The van der Waals surface area contributed by atoms with Gasteiger partial charge >= 0.3 is 6.36 Å². The summed E-state index contributed by atoms with van der Waals surface area (Å²) in [6, 6.07) is 5.76. The van der Waals surface area contributed by atoms with Crippen LogP contribution in [0.25, 0.3) is 0 Å². The van der Waals surface area contributed by atoms with Crippen LogP contribution in [-0.4, -0.2) is 67.8 Å². The Morgan fingerprint density at radius 3 is 2.79 bits per heavy atom. The average molecular weight is 418 g/mol. The zero-order chi connectivity index (χ0) is 21.4. The molecule has 0 aliphatic carbocycles. The minimum Gasteiger partial charge on any atom is -0.392 e. The monoisotopic (exact) mass is 418 g/mol. The Hall–Kier alpha value is -1.68. The SMILES string of the molecule is CCc1ccc2c(c1)C(COCCOC(F)(F)F)N(C(=O)CNC[C@@H](C)O)CC2. The number of aliphatic hydroxyl groups excluding tert-OH is 1. The number of halogens is 3. The van der Waals surface area contributed by atoms with Gasteiger partial charge in [-0.2, -0.15) is 0 Å². The van der Waals surface area contributed by atoms with E-state index in [0.29, 0.717) is 19.5 Å². The van der Waals surface area contributed by atoms with Gasteiger partial charge in [0.15, 0.2) is 0 Å². The van der Waals surface area contributed by atoms with Gasteiger partial charge in [0.1, 0.15) is 0 Å². The molecule has 2 N–H and O–H groups in total. The van der Waals surface area contributed by atoms with E-state index in [-0.39, 0.29) is 31.7 Å². The van der Waals surface area contributed by atoms with E-state index in [1.807, 2.05) is 19.1 Å². The molecule has 1 heterocycles. The zero-order valence-corrected chi connectivity index (χ0v) is 16.8. The molecule has 29 heavy (non-hydrogen) atoms. The quantitative estimate of drug-likeness (QED) is 0.570. The smallest absolute Gasteiger partial charge is 0.392 e. The first-order valence-corrected chi connectivity index (χ1v) is 9.79. The Morgan fingerprint density at radius 2 is 2.14 bits per heavy atom. The highest BCUT2D eigenvalue weighted by atomic mass is 19.4. The van der Waals surface area contributed by atoms with Crippen molar-refractivity contribution in [3.8, 4) is 0 Å². The number of hydrogen-bond acceptors (Lipinski definition) is 5. The maximum absolute atomic E-state index is 12.7. The summed E-state index contributed by atoms with van der Waals surface area (Å²) < 4.78 is 45.5. The van der Waals surface area contributed by atoms with Crippen LogP contribution in [0, 0.1) is 0 Å². The van der Waals surface area contributed by atoms with Crippen molar-refractivity contribution in [1.82, 2.24) is 10.2 Å². The number of aliphatic hydroxyl groups is 1. The Bertz CT molecular complexity index is 668. The summed E-state index contributed by atoms with van der Waals surface area (Å²) >= 11 is 0. The highest BCUT2D eigenvalue weighted by Gasteiger charge is 2.32. The maximum Gasteiger partial charge on any atom is 0.522 e.